The van der Waals surface area contributed by atoms with Crippen molar-refractivity contribution in [3.63, 3.8) is 0 Å². The highest BCUT2D eigenvalue weighted by Gasteiger charge is 2.31. The molecule has 6 heteroatoms. The topological polar surface area (TPSA) is 75.4 Å². The molecule has 2 amide bonds. The van der Waals surface area contributed by atoms with E-state index < -0.39 is 0 Å². The van der Waals surface area contributed by atoms with E-state index in [1.807, 2.05) is 30.0 Å². The zero-order valence-electron chi connectivity index (χ0n) is 13.7. The molecule has 0 aliphatic carbocycles. The first-order valence-corrected chi connectivity index (χ1v) is 8.22. The molecule has 2 aromatic rings. The van der Waals surface area contributed by atoms with Crippen molar-refractivity contribution in [1.82, 2.24) is 15.2 Å². The van der Waals surface area contributed by atoms with E-state index in [4.69, 9.17) is 4.42 Å². The van der Waals surface area contributed by atoms with Gasteiger partial charge in [-0.3, -0.25) is 9.59 Å². The molecule has 0 bridgehead atoms. The number of carbonyl (C=O) groups is 2. The van der Waals surface area contributed by atoms with E-state index in [0.717, 1.165) is 6.42 Å². The highest BCUT2D eigenvalue weighted by atomic mass is 16.3. The van der Waals surface area contributed by atoms with Crippen molar-refractivity contribution in [3.05, 3.63) is 53.7 Å². The highest BCUT2D eigenvalue weighted by Crippen LogP contribution is 2.14. The molecule has 1 aliphatic heterocycles. The standard InChI is InChI=1S/C18H21N3O3/c1-2-15-17(19-12-24-15)18(23)20-14-10-16(22)21(11-14)9-8-13-6-4-3-5-7-13/h3-7,12,14H,2,8-11H2,1H3,(H,20,23)/t14-/m1/s1. The molecule has 6 nitrogen and oxygen atoms in total. The van der Waals surface area contributed by atoms with Gasteiger partial charge in [0.05, 0.1) is 6.04 Å². The molecular formula is C18H21N3O3. The Morgan fingerprint density at radius 1 is 1.38 bits per heavy atom. The van der Waals surface area contributed by atoms with E-state index in [-0.39, 0.29) is 17.9 Å². The quantitative estimate of drug-likeness (QED) is 0.878. The van der Waals surface area contributed by atoms with Crippen molar-refractivity contribution in [3.8, 4) is 0 Å². The maximum atomic E-state index is 12.3. The van der Waals surface area contributed by atoms with Crippen LogP contribution in [-0.2, 0) is 17.6 Å². The number of rotatable bonds is 6. The van der Waals surface area contributed by atoms with E-state index in [0.29, 0.717) is 37.4 Å². The van der Waals surface area contributed by atoms with Gasteiger partial charge in [-0.1, -0.05) is 37.3 Å². The normalized spacial score (nSPS) is 17.3. The first-order valence-electron chi connectivity index (χ1n) is 8.22. The van der Waals surface area contributed by atoms with Gasteiger partial charge in [0.25, 0.3) is 5.91 Å². The lowest BCUT2D eigenvalue weighted by molar-refractivity contribution is -0.127. The van der Waals surface area contributed by atoms with Gasteiger partial charge in [-0.15, -0.1) is 0 Å². The third-order valence-corrected chi connectivity index (χ3v) is 4.24. The molecule has 1 aliphatic rings. The van der Waals surface area contributed by atoms with E-state index in [9.17, 15) is 9.59 Å². The van der Waals surface area contributed by atoms with E-state index in [2.05, 4.69) is 22.4 Å². The summed E-state index contributed by atoms with van der Waals surface area (Å²) in [6.45, 7) is 3.11. The molecule has 1 fully saturated rings. The molecule has 0 spiro atoms. The van der Waals surface area contributed by atoms with Gasteiger partial charge in [0, 0.05) is 25.9 Å². The largest absolute Gasteiger partial charge is 0.448 e. The van der Waals surface area contributed by atoms with Crippen LogP contribution < -0.4 is 5.32 Å². The fraction of sp³-hybridized carbons (Fsp3) is 0.389. The van der Waals surface area contributed by atoms with Crippen LogP contribution in [0.25, 0.3) is 0 Å². The summed E-state index contributed by atoms with van der Waals surface area (Å²) in [6.07, 6.45) is 3.03. The molecule has 1 aromatic carbocycles. The van der Waals surface area contributed by atoms with E-state index in [1.54, 1.807) is 0 Å². The van der Waals surface area contributed by atoms with Gasteiger partial charge in [0.2, 0.25) is 5.91 Å². The van der Waals surface area contributed by atoms with Crippen molar-refractivity contribution < 1.29 is 14.0 Å². The Bertz CT molecular complexity index is 711. The van der Waals surface area contributed by atoms with E-state index >= 15 is 0 Å². The number of amides is 2. The molecule has 126 valence electrons. The van der Waals surface area contributed by atoms with Gasteiger partial charge in [-0.05, 0) is 12.0 Å². The summed E-state index contributed by atoms with van der Waals surface area (Å²) in [5, 5.41) is 2.89. The van der Waals surface area contributed by atoms with E-state index in [1.165, 1.54) is 12.0 Å². The molecule has 1 atom stereocenters. The summed E-state index contributed by atoms with van der Waals surface area (Å²) < 4.78 is 5.18. The van der Waals surface area contributed by atoms with Gasteiger partial charge in [0.15, 0.2) is 12.1 Å². The number of hydrogen-bond donors (Lipinski definition) is 1. The van der Waals surface area contributed by atoms with Crippen molar-refractivity contribution in [2.45, 2.75) is 32.2 Å². The molecule has 0 saturated carbocycles. The van der Waals surface area contributed by atoms with Crippen LogP contribution in [0.2, 0.25) is 0 Å². The number of aryl methyl sites for hydroxylation is 1. The average molecular weight is 327 g/mol. The van der Waals surface area contributed by atoms with Gasteiger partial charge < -0.3 is 14.6 Å². The number of benzene rings is 1. The van der Waals surface area contributed by atoms with Crippen molar-refractivity contribution in [2.24, 2.45) is 0 Å². The lowest BCUT2D eigenvalue weighted by atomic mass is 10.1. The SMILES string of the molecule is CCc1ocnc1C(=O)N[C@@H]1CC(=O)N(CCc2ccccc2)C1. The molecule has 1 N–H and O–H groups in total. The molecular weight excluding hydrogens is 306 g/mol. The summed E-state index contributed by atoms with van der Waals surface area (Å²) in [4.78, 5) is 30.2. The monoisotopic (exact) mass is 327 g/mol. The molecule has 0 unspecified atom stereocenters. The van der Waals surface area contributed by atoms with Crippen molar-refractivity contribution in [1.29, 1.82) is 0 Å². The summed E-state index contributed by atoms with van der Waals surface area (Å²) in [7, 11) is 0. The Balaban J connectivity index is 1.54. The molecule has 1 saturated heterocycles. The number of hydrogen-bond acceptors (Lipinski definition) is 4. The maximum absolute atomic E-state index is 12.3. The van der Waals surface area contributed by atoms with Crippen molar-refractivity contribution >= 4 is 11.8 Å². The minimum Gasteiger partial charge on any atom is -0.448 e. The van der Waals surface area contributed by atoms with Crippen LogP contribution in [0.5, 0.6) is 0 Å². The summed E-state index contributed by atoms with van der Waals surface area (Å²) in [6, 6.07) is 9.89. The van der Waals surface area contributed by atoms with Crippen LogP contribution in [0, 0.1) is 0 Å². The molecule has 0 radical (unpaired) electrons. The minimum absolute atomic E-state index is 0.0760. The lowest BCUT2D eigenvalue weighted by Gasteiger charge is -2.17. The summed E-state index contributed by atoms with van der Waals surface area (Å²) >= 11 is 0. The second kappa shape index (κ2) is 7.29. The highest BCUT2D eigenvalue weighted by molar-refractivity contribution is 5.94. The van der Waals surface area contributed by atoms with Crippen molar-refractivity contribution in [2.75, 3.05) is 13.1 Å². The lowest BCUT2D eigenvalue weighted by Crippen LogP contribution is -2.38. The van der Waals surface area contributed by atoms with Gasteiger partial charge in [0.1, 0.15) is 5.76 Å². The number of aromatic nitrogens is 1. The summed E-state index contributed by atoms with van der Waals surface area (Å²) in [5.41, 5.74) is 1.51. The predicted molar refractivity (Wildman–Crippen MR) is 88.5 cm³/mol. The Morgan fingerprint density at radius 2 is 2.17 bits per heavy atom. The Kier molecular flexibility index (Phi) is 4.93. The third-order valence-electron chi connectivity index (χ3n) is 4.24. The molecule has 1 aromatic heterocycles. The smallest absolute Gasteiger partial charge is 0.273 e. The molecule has 24 heavy (non-hydrogen) atoms. The Morgan fingerprint density at radius 3 is 2.92 bits per heavy atom. The van der Waals surface area contributed by atoms with Crippen LogP contribution in [0.4, 0.5) is 0 Å². The fourth-order valence-electron chi connectivity index (χ4n) is 2.95. The molecule has 3 rings (SSSR count). The third kappa shape index (κ3) is 3.64. The van der Waals surface area contributed by atoms with Crippen LogP contribution in [0.1, 0.15) is 35.2 Å². The van der Waals surface area contributed by atoms with Gasteiger partial charge in [-0.25, -0.2) is 4.98 Å². The zero-order valence-corrected chi connectivity index (χ0v) is 13.7. The number of oxazole rings is 1. The number of nitrogens with zero attached hydrogens (tertiary/aromatic N) is 2. The number of nitrogens with one attached hydrogen (secondary N) is 1. The zero-order chi connectivity index (χ0) is 16.9. The first-order chi connectivity index (χ1) is 11.7. The van der Waals surface area contributed by atoms with Crippen LogP contribution >= 0.6 is 0 Å². The number of likely N-dealkylation sites (tertiary alicyclic amines) is 1. The average Bonchev–Trinajstić information content (AvgIpc) is 3.20. The second-order valence-electron chi connectivity index (χ2n) is 5.93. The predicted octanol–water partition coefficient (Wildman–Crippen LogP) is 1.81. The van der Waals surface area contributed by atoms with Crippen LogP contribution in [0.15, 0.2) is 41.1 Å². The number of carbonyl (C=O) groups excluding carboxylic acids is 2. The second-order valence-corrected chi connectivity index (χ2v) is 5.93. The van der Waals surface area contributed by atoms with Crippen LogP contribution in [0.3, 0.4) is 0 Å². The maximum Gasteiger partial charge on any atom is 0.273 e. The fourth-order valence-corrected chi connectivity index (χ4v) is 2.95. The van der Waals surface area contributed by atoms with Gasteiger partial charge in [-0.2, -0.15) is 0 Å². The van der Waals surface area contributed by atoms with Crippen LogP contribution in [-0.4, -0.2) is 40.8 Å². The Labute approximate surface area is 140 Å². The summed E-state index contributed by atoms with van der Waals surface area (Å²) in [5.74, 6) is 0.369. The minimum atomic E-state index is -0.275. The molecule has 2 heterocycles. The first kappa shape index (κ1) is 16.2. The van der Waals surface area contributed by atoms with Gasteiger partial charge >= 0.3 is 0 Å². The Hall–Kier alpha value is -2.63.